The number of halogens is 4. The van der Waals surface area contributed by atoms with E-state index in [0.717, 1.165) is 6.16 Å². The topological polar surface area (TPSA) is 57.2 Å². The number of hydrogen-bond donors (Lipinski definition) is 0. The SMILES string of the molecule is I[P+](Cc1ccccc1)(c1ccccc1)c1ccccc1.O=S(=O)([O-])C(F)(F)F. The van der Waals surface area contributed by atoms with E-state index in [2.05, 4.69) is 113 Å². The molecule has 0 heterocycles. The zero-order chi connectivity index (χ0) is 21.5. The molecule has 0 atom stereocenters. The van der Waals surface area contributed by atoms with Crippen LogP contribution < -0.4 is 10.6 Å². The first-order chi connectivity index (χ1) is 13.5. The largest absolute Gasteiger partial charge is 0.741 e. The Bertz CT molecular complexity index is 960. The van der Waals surface area contributed by atoms with Gasteiger partial charge in [0, 0.05) is 0 Å². The van der Waals surface area contributed by atoms with E-state index in [1.165, 1.54) is 16.2 Å². The monoisotopic (exact) mass is 552 g/mol. The number of benzene rings is 3. The molecule has 3 rings (SSSR count). The van der Waals surface area contributed by atoms with Crippen molar-refractivity contribution in [1.29, 1.82) is 0 Å². The van der Waals surface area contributed by atoms with Crippen molar-refractivity contribution in [2.45, 2.75) is 11.7 Å². The van der Waals surface area contributed by atoms with E-state index < -0.39 is 20.5 Å². The summed E-state index contributed by atoms with van der Waals surface area (Å²) < 4.78 is 58.9. The lowest BCUT2D eigenvalue weighted by Gasteiger charge is -2.20. The molecule has 154 valence electrons. The summed E-state index contributed by atoms with van der Waals surface area (Å²) in [5.74, 6) is 0. The van der Waals surface area contributed by atoms with Gasteiger partial charge in [0.15, 0.2) is 32.2 Å². The fourth-order valence-corrected chi connectivity index (χ4v) is 8.27. The Morgan fingerprint density at radius 1 is 0.759 bits per heavy atom. The molecule has 3 aromatic carbocycles. The first-order valence-electron chi connectivity index (χ1n) is 8.29. The Hall–Kier alpha value is -1.48. The molecule has 3 nitrogen and oxygen atoms in total. The van der Waals surface area contributed by atoms with Crippen LogP contribution in [0.5, 0.6) is 0 Å². The molecule has 9 heteroatoms. The molecule has 3 aromatic rings. The molecule has 0 aliphatic rings. The van der Waals surface area contributed by atoms with Crippen molar-refractivity contribution in [1.82, 2.24) is 0 Å². The van der Waals surface area contributed by atoms with Crippen LogP contribution in [0.25, 0.3) is 0 Å². The molecule has 0 aliphatic heterocycles. The quantitative estimate of drug-likeness (QED) is 0.192. The van der Waals surface area contributed by atoms with Crippen molar-refractivity contribution in [3.05, 3.63) is 96.6 Å². The van der Waals surface area contributed by atoms with Crippen molar-refractivity contribution in [2.75, 3.05) is 0 Å². The summed E-state index contributed by atoms with van der Waals surface area (Å²) in [6, 6.07) is 32.7. The maximum absolute atomic E-state index is 10.7. The van der Waals surface area contributed by atoms with Gasteiger partial charge < -0.3 is 4.55 Å². The predicted molar refractivity (Wildman–Crippen MR) is 119 cm³/mol. The molecule has 0 saturated heterocycles. The van der Waals surface area contributed by atoms with Gasteiger partial charge in [0.2, 0.25) is 0 Å². The van der Waals surface area contributed by atoms with Crippen molar-refractivity contribution in [3.8, 4) is 0 Å². The second-order valence-corrected chi connectivity index (χ2v) is 15.0. The summed E-state index contributed by atoms with van der Waals surface area (Å²) >= 11 is 2.72. The van der Waals surface area contributed by atoms with E-state index in [1.54, 1.807) is 0 Å². The summed E-state index contributed by atoms with van der Waals surface area (Å²) in [6.45, 7) is 0. The number of hydrogen-bond acceptors (Lipinski definition) is 3. The summed E-state index contributed by atoms with van der Waals surface area (Å²) in [5.41, 5.74) is -4.24. The molecule has 0 amide bonds. The Labute approximate surface area is 181 Å². The zero-order valence-electron chi connectivity index (χ0n) is 15.0. The van der Waals surface area contributed by atoms with E-state index in [0.29, 0.717) is 0 Å². The van der Waals surface area contributed by atoms with Crippen LogP contribution in [0.15, 0.2) is 91.0 Å². The van der Waals surface area contributed by atoms with Crippen LogP contribution in [-0.2, 0) is 16.3 Å². The third-order valence-corrected chi connectivity index (χ3v) is 11.8. The third-order valence-electron chi connectivity index (χ3n) is 3.86. The van der Waals surface area contributed by atoms with Crippen molar-refractivity contribution < 1.29 is 26.1 Å². The van der Waals surface area contributed by atoms with Gasteiger partial charge in [0.25, 0.3) is 0 Å². The standard InChI is InChI=1S/C19H17IP.CHF3O3S/c20-21(18-12-6-2-7-13-18,19-14-8-3-9-15-19)16-17-10-4-1-5-11-17;2-1(3,4)8(5,6)7/h1-15H,16H2;(H,5,6,7)/q+1;/p-1. The van der Waals surface area contributed by atoms with Gasteiger partial charge in [0.05, 0.1) is 0 Å². The molecule has 0 unspecified atom stereocenters. The first kappa shape index (κ1) is 23.8. The van der Waals surface area contributed by atoms with E-state index in [1.807, 2.05) is 0 Å². The van der Waals surface area contributed by atoms with E-state index in [9.17, 15) is 13.2 Å². The lowest BCUT2D eigenvalue weighted by Crippen LogP contribution is -2.21. The van der Waals surface area contributed by atoms with E-state index in [4.69, 9.17) is 13.0 Å². The molecule has 0 fully saturated rings. The Morgan fingerprint density at radius 2 is 1.07 bits per heavy atom. The van der Waals surface area contributed by atoms with Crippen LogP contribution in [0.2, 0.25) is 0 Å². The second-order valence-electron chi connectivity index (χ2n) is 5.93. The minimum atomic E-state index is -6.09. The molecule has 0 aromatic heterocycles. The molecular formula is C20H17F3IO3PS. The van der Waals surface area contributed by atoms with Crippen LogP contribution in [0.4, 0.5) is 13.2 Å². The normalized spacial score (nSPS) is 12.0. The van der Waals surface area contributed by atoms with Crippen molar-refractivity contribution in [2.24, 2.45) is 0 Å². The van der Waals surface area contributed by atoms with Gasteiger partial charge in [0.1, 0.15) is 21.7 Å². The molecule has 0 saturated carbocycles. The predicted octanol–water partition coefficient (Wildman–Crippen LogP) is 5.26. The van der Waals surface area contributed by atoms with Crippen LogP contribution >= 0.6 is 26.9 Å². The summed E-state index contributed by atoms with van der Waals surface area (Å²) in [5, 5.41) is 2.92. The molecule has 29 heavy (non-hydrogen) atoms. The lowest BCUT2D eigenvalue weighted by molar-refractivity contribution is -0.0517. The molecule has 0 radical (unpaired) electrons. The van der Waals surface area contributed by atoms with Gasteiger partial charge in [-0.05, 0) is 29.8 Å². The van der Waals surface area contributed by atoms with Gasteiger partial charge in [-0.1, -0.05) is 66.7 Å². The van der Waals surface area contributed by atoms with Crippen LogP contribution in [0, 0.1) is 0 Å². The molecule has 0 aliphatic carbocycles. The summed E-state index contributed by atoms with van der Waals surface area (Å²) in [7, 11) is -6.09. The number of rotatable bonds is 4. The molecule has 0 N–H and O–H groups in total. The highest BCUT2D eigenvalue weighted by Gasteiger charge is 2.40. The highest BCUT2D eigenvalue weighted by Crippen LogP contribution is 2.66. The highest BCUT2D eigenvalue weighted by molar-refractivity contribution is 14.2. The van der Waals surface area contributed by atoms with Gasteiger partial charge in [-0.25, -0.2) is 8.42 Å². The van der Waals surface area contributed by atoms with Crippen LogP contribution in [0.1, 0.15) is 5.56 Å². The minimum Gasteiger partial charge on any atom is -0.741 e. The maximum Gasteiger partial charge on any atom is 0.485 e. The van der Waals surface area contributed by atoms with Gasteiger partial charge in [-0.2, -0.15) is 13.2 Å². The van der Waals surface area contributed by atoms with Crippen LogP contribution in [0.3, 0.4) is 0 Å². The number of alkyl halides is 3. The van der Waals surface area contributed by atoms with E-state index >= 15 is 0 Å². The Kier molecular flexibility index (Phi) is 8.22. The van der Waals surface area contributed by atoms with Crippen LogP contribution in [-0.4, -0.2) is 18.5 Å². The molecule has 0 bridgehead atoms. The summed E-state index contributed by atoms with van der Waals surface area (Å²) in [6.07, 6.45) is 1.10. The lowest BCUT2D eigenvalue weighted by atomic mass is 10.2. The average Bonchev–Trinajstić information content (AvgIpc) is 2.69. The fourth-order valence-electron chi connectivity index (χ4n) is 2.50. The smallest absolute Gasteiger partial charge is 0.485 e. The fraction of sp³-hybridized carbons (Fsp3) is 0.100. The van der Waals surface area contributed by atoms with Gasteiger partial charge in [-0.15, -0.1) is 0 Å². The maximum atomic E-state index is 10.7. The Morgan fingerprint density at radius 3 is 1.38 bits per heavy atom. The minimum absolute atomic E-state index is 1.10. The van der Waals surface area contributed by atoms with Crippen molar-refractivity contribution >= 4 is 47.7 Å². The van der Waals surface area contributed by atoms with E-state index in [-0.39, 0.29) is 0 Å². The summed E-state index contributed by atoms with van der Waals surface area (Å²) in [4.78, 5) is -1.43. The average molecular weight is 552 g/mol. The Balaban J connectivity index is 0.000000321. The van der Waals surface area contributed by atoms with Gasteiger partial charge >= 0.3 is 5.51 Å². The second kappa shape index (κ2) is 10.0. The van der Waals surface area contributed by atoms with Gasteiger partial charge in [-0.3, -0.25) is 0 Å². The first-order valence-corrected chi connectivity index (χ1v) is 14.5. The third kappa shape index (κ3) is 6.77. The zero-order valence-corrected chi connectivity index (χ0v) is 18.8. The van der Waals surface area contributed by atoms with Crippen molar-refractivity contribution in [3.63, 3.8) is 0 Å². The molecule has 0 spiro atoms. The highest BCUT2D eigenvalue weighted by atomic mass is 127. The molecular weight excluding hydrogens is 535 g/mol.